The zero-order valence-electron chi connectivity index (χ0n) is 4.67. The maximum absolute atomic E-state index is 8.91. The van der Waals surface area contributed by atoms with Gasteiger partial charge in [-0.05, 0) is 18.4 Å². The van der Waals surface area contributed by atoms with E-state index in [4.69, 9.17) is 10.2 Å². The highest BCUT2D eigenvalue weighted by Gasteiger charge is 2.24. The molecule has 0 amide bonds. The Kier molecular flexibility index (Phi) is 1.36. The Bertz CT molecular complexity index is 97.1. The van der Waals surface area contributed by atoms with Crippen molar-refractivity contribution in [2.45, 2.75) is 25.0 Å². The molecule has 0 aromatic rings. The van der Waals surface area contributed by atoms with Crippen LogP contribution >= 0.6 is 0 Å². The molecule has 0 radical (unpaired) electrons. The first-order valence-corrected chi connectivity index (χ1v) is 2.76. The number of aliphatic hydroxyl groups is 2. The van der Waals surface area contributed by atoms with Crippen LogP contribution in [0.5, 0.6) is 0 Å². The lowest BCUT2D eigenvalue weighted by Gasteiger charge is -2.02. The van der Waals surface area contributed by atoms with Gasteiger partial charge in [-0.1, -0.05) is 6.58 Å². The van der Waals surface area contributed by atoms with Crippen molar-refractivity contribution in [3.8, 4) is 0 Å². The Morgan fingerprint density at radius 3 is 1.75 bits per heavy atom. The third-order valence-electron chi connectivity index (χ3n) is 1.57. The molecule has 0 spiro atoms. The van der Waals surface area contributed by atoms with E-state index in [1.54, 1.807) is 0 Å². The van der Waals surface area contributed by atoms with Crippen LogP contribution in [-0.2, 0) is 0 Å². The molecule has 1 fully saturated rings. The molecule has 2 atom stereocenters. The van der Waals surface area contributed by atoms with Crippen molar-refractivity contribution in [1.29, 1.82) is 0 Å². The maximum atomic E-state index is 8.91. The van der Waals surface area contributed by atoms with E-state index in [0.717, 1.165) is 0 Å². The molecular weight excluding hydrogens is 104 g/mol. The van der Waals surface area contributed by atoms with E-state index < -0.39 is 12.2 Å². The van der Waals surface area contributed by atoms with Gasteiger partial charge in [0.25, 0.3) is 0 Å². The number of aliphatic hydroxyl groups excluding tert-OH is 2. The van der Waals surface area contributed by atoms with Gasteiger partial charge >= 0.3 is 0 Å². The Labute approximate surface area is 48.5 Å². The summed E-state index contributed by atoms with van der Waals surface area (Å²) in [5.41, 5.74) is 0.574. The molecule has 1 aliphatic rings. The van der Waals surface area contributed by atoms with Crippen molar-refractivity contribution >= 4 is 0 Å². The highest BCUT2D eigenvalue weighted by molar-refractivity contribution is 5.12. The van der Waals surface area contributed by atoms with Crippen molar-refractivity contribution < 1.29 is 10.2 Å². The van der Waals surface area contributed by atoms with E-state index in [9.17, 15) is 0 Å². The molecule has 0 aliphatic heterocycles. The first-order chi connectivity index (χ1) is 3.72. The lowest BCUT2D eigenvalue weighted by molar-refractivity contribution is 0.199. The Hall–Kier alpha value is -0.340. The van der Waals surface area contributed by atoms with Gasteiger partial charge in [-0.25, -0.2) is 0 Å². The van der Waals surface area contributed by atoms with Crippen molar-refractivity contribution in [2.75, 3.05) is 0 Å². The molecule has 46 valence electrons. The topological polar surface area (TPSA) is 40.5 Å². The molecule has 8 heavy (non-hydrogen) atoms. The minimum absolute atomic E-state index is 0.454. The molecule has 0 bridgehead atoms. The van der Waals surface area contributed by atoms with Crippen LogP contribution < -0.4 is 0 Å². The summed E-state index contributed by atoms with van der Waals surface area (Å²) in [7, 11) is 0. The molecule has 0 saturated heterocycles. The van der Waals surface area contributed by atoms with E-state index >= 15 is 0 Å². The quantitative estimate of drug-likeness (QED) is 0.437. The monoisotopic (exact) mass is 114 g/mol. The predicted octanol–water partition coefficient (Wildman–Crippen LogP) is 0.0582. The van der Waals surface area contributed by atoms with Crippen molar-refractivity contribution in [3.05, 3.63) is 12.2 Å². The van der Waals surface area contributed by atoms with E-state index in [-0.39, 0.29) is 0 Å². The smallest absolute Gasteiger partial charge is 0.0773 e. The van der Waals surface area contributed by atoms with Crippen LogP contribution in [-0.4, -0.2) is 22.4 Å². The third kappa shape index (κ3) is 0.767. The average molecular weight is 114 g/mol. The van der Waals surface area contributed by atoms with E-state index in [1.165, 1.54) is 0 Å². The summed E-state index contributed by atoms with van der Waals surface area (Å²) in [4.78, 5) is 0. The summed E-state index contributed by atoms with van der Waals surface area (Å²) in [6, 6.07) is 0. The molecule has 1 aliphatic carbocycles. The fourth-order valence-electron chi connectivity index (χ4n) is 0.909. The minimum Gasteiger partial charge on any atom is -0.389 e. The van der Waals surface area contributed by atoms with Gasteiger partial charge < -0.3 is 10.2 Å². The molecule has 2 nitrogen and oxygen atoms in total. The van der Waals surface area contributed by atoms with Crippen molar-refractivity contribution in [1.82, 2.24) is 0 Å². The van der Waals surface area contributed by atoms with Gasteiger partial charge in [-0.15, -0.1) is 0 Å². The van der Waals surface area contributed by atoms with E-state index in [1.807, 2.05) is 0 Å². The number of hydrogen-bond donors (Lipinski definition) is 2. The Balaban J connectivity index is 2.57. The fourth-order valence-corrected chi connectivity index (χ4v) is 0.909. The summed E-state index contributed by atoms with van der Waals surface area (Å²) >= 11 is 0. The largest absolute Gasteiger partial charge is 0.389 e. The lowest BCUT2D eigenvalue weighted by atomic mass is 10.2. The van der Waals surface area contributed by atoms with Gasteiger partial charge in [0.1, 0.15) is 0 Å². The highest BCUT2D eigenvalue weighted by Crippen LogP contribution is 2.22. The normalized spacial score (nSPS) is 38.5. The SMILES string of the molecule is C=C1C(O)CC[C@@H]1O. The standard InChI is InChI=1S/C6H10O2/c1-4-5(7)2-3-6(4)8/h5-8H,1-3H2/t5-,6?/m0/s1. The zero-order chi connectivity index (χ0) is 6.15. The van der Waals surface area contributed by atoms with Crippen LogP contribution in [0.1, 0.15) is 12.8 Å². The van der Waals surface area contributed by atoms with Gasteiger partial charge in [0, 0.05) is 0 Å². The molecule has 0 aromatic heterocycles. The van der Waals surface area contributed by atoms with Crippen LogP contribution in [0.2, 0.25) is 0 Å². The molecular formula is C6H10O2. The van der Waals surface area contributed by atoms with E-state index in [0.29, 0.717) is 18.4 Å². The lowest BCUT2D eigenvalue weighted by Crippen LogP contribution is -2.07. The Morgan fingerprint density at radius 2 is 1.62 bits per heavy atom. The van der Waals surface area contributed by atoms with Crippen molar-refractivity contribution in [2.24, 2.45) is 0 Å². The minimum atomic E-state index is -0.454. The first kappa shape index (κ1) is 5.79. The van der Waals surface area contributed by atoms with Crippen LogP contribution in [0.3, 0.4) is 0 Å². The Morgan fingerprint density at radius 1 is 1.25 bits per heavy atom. The molecule has 2 heteroatoms. The number of hydrogen-bond acceptors (Lipinski definition) is 2. The fraction of sp³-hybridized carbons (Fsp3) is 0.667. The second kappa shape index (κ2) is 1.88. The zero-order valence-corrected chi connectivity index (χ0v) is 4.67. The molecule has 0 aromatic carbocycles. The molecule has 1 unspecified atom stereocenters. The van der Waals surface area contributed by atoms with Crippen LogP contribution in [0.4, 0.5) is 0 Å². The van der Waals surface area contributed by atoms with Gasteiger partial charge in [0.2, 0.25) is 0 Å². The van der Waals surface area contributed by atoms with Crippen molar-refractivity contribution in [3.63, 3.8) is 0 Å². The molecule has 2 N–H and O–H groups in total. The molecule has 0 heterocycles. The second-order valence-electron chi connectivity index (χ2n) is 2.18. The van der Waals surface area contributed by atoms with E-state index in [2.05, 4.69) is 6.58 Å². The van der Waals surface area contributed by atoms with Gasteiger partial charge in [0.15, 0.2) is 0 Å². The third-order valence-corrected chi connectivity index (χ3v) is 1.57. The highest BCUT2D eigenvalue weighted by atomic mass is 16.3. The second-order valence-corrected chi connectivity index (χ2v) is 2.18. The maximum Gasteiger partial charge on any atom is 0.0773 e. The summed E-state index contributed by atoms with van der Waals surface area (Å²) in [6.07, 6.45) is 0.426. The summed E-state index contributed by atoms with van der Waals surface area (Å²) in [6.45, 7) is 3.52. The average Bonchev–Trinajstić information content (AvgIpc) is 1.98. The summed E-state index contributed by atoms with van der Waals surface area (Å²) in [5, 5.41) is 17.8. The van der Waals surface area contributed by atoms with Crippen LogP contribution in [0.15, 0.2) is 12.2 Å². The first-order valence-electron chi connectivity index (χ1n) is 2.76. The predicted molar refractivity (Wildman–Crippen MR) is 30.4 cm³/mol. The number of rotatable bonds is 0. The van der Waals surface area contributed by atoms with Gasteiger partial charge in [-0.2, -0.15) is 0 Å². The summed E-state index contributed by atoms with van der Waals surface area (Å²) in [5.74, 6) is 0. The van der Waals surface area contributed by atoms with Crippen LogP contribution in [0.25, 0.3) is 0 Å². The molecule has 1 rings (SSSR count). The van der Waals surface area contributed by atoms with Gasteiger partial charge in [-0.3, -0.25) is 0 Å². The van der Waals surface area contributed by atoms with Gasteiger partial charge in [0.05, 0.1) is 12.2 Å². The molecule has 1 saturated carbocycles. The van der Waals surface area contributed by atoms with Crippen LogP contribution in [0, 0.1) is 0 Å². The summed E-state index contributed by atoms with van der Waals surface area (Å²) < 4.78 is 0.